The summed E-state index contributed by atoms with van der Waals surface area (Å²) in [7, 11) is 0. The molecule has 41 heavy (non-hydrogen) atoms. The number of carbonyl (C=O) groups excluding carboxylic acids is 2. The Morgan fingerprint density at radius 3 is 2.37 bits per heavy atom. The third-order valence-corrected chi connectivity index (χ3v) is 6.59. The molecule has 0 radical (unpaired) electrons. The summed E-state index contributed by atoms with van der Waals surface area (Å²) in [5.74, 6) is 0.228. The van der Waals surface area contributed by atoms with Gasteiger partial charge in [-0.25, -0.2) is 0 Å². The van der Waals surface area contributed by atoms with Crippen LogP contribution < -0.4 is 14.2 Å². The first kappa shape index (κ1) is 27.5. The summed E-state index contributed by atoms with van der Waals surface area (Å²) < 4.78 is 17.4. The van der Waals surface area contributed by atoms with E-state index in [2.05, 4.69) is 4.98 Å². The summed E-state index contributed by atoms with van der Waals surface area (Å²) in [5, 5.41) is 11.7. The van der Waals surface area contributed by atoms with Crippen LogP contribution >= 0.6 is 0 Å². The summed E-state index contributed by atoms with van der Waals surface area (Å²) >= 11 is 0. The summed E-state index contributed by atoms with van der Waals surface area (Å²) in [6.45, 7) is 4.59. The summed E-state index contributed by atoms with van der Waals surface area (Å²) in [5.41, 5.74) is 1.59. The van der Waals surface area contributed by atoms with E-state index < -0.39 is 17.7 Å². The molecule has 5 rings (SSSR count). The number of ketones is 1. The van der Waals surface area contributed by atoms with Crippen molar-refractivity contribution in [3.05, 3.63) is 120 Å². The van der Waals surface area contributed by atoms with Crippen LogP contribution in [-0.2, 0) is 16.1 Å². The highest BCUT2D eigenvalue weighted by molar-refractivity contribution is 6.46. The van der Waals surface area contributed by atoms with Crippen LogP contribution in [0.5, 0.6) is 23.0 Å². The molecule has 0 bridgehead atoms. The van der Waals surface area contributed by atoms with Gasteiger partial charge in [0.1, 0.15) is 28.8 Å². The van der Waals surface area contributed by atoms with E-state index in [0.717, 1.165) is 5.56 Å². The number of pyridine rings is 1. The molecular formula is C33H30N2O6. The Morgan fingerprint density at radius 1 is 0.854 bits per heavy atom. The van der Waals surface area contributed by atoms with Gasteiger partial charge in [-0.3, -0.25) is 14.6 Å². The standard InChI is InChI=1S/C33H30N2O6/c1-3-39-25-15-16-27(28(19-25)40-4-2)31(36)29-30(35(33(38)32(29)37)21-22-10-9-17-34-20-22)23-11-8-14-26(18-23)41-24-12-6-5-7-13-24/h5-20,30,36H,3-4,21H2,1-2H3/b31-29+. The highest BCUT2D eigenvalue weighted by atomic mass is 16.5. The van der Waals surface area contributed by atoms with E-state index in [-0.39, 0.29) is 23.4 Å². The van der Waals surface area contributed by atoms with Gasteiger partial charge in [-0.2, -0.15) is 0 Å². The molecule has 1 aliphatic rings. The molecule has 1 unspecified atom stereocenters. The predicted octanol–water partition coefficient (Wildman–Crippen LogP) is 6.29. The topological polar surface area (TPSA) is 98.2 Å². The smallest absolute Gasteiger partial charge is 0.295 e. The van der Waals surface area contributed by atoms with E-state index >= 15 is 0 Å². The first-order chi connectivity index (χ1) is 20.0. The fraction of sp³-hybridized carbons (Fsp3) is 0.182. The van der Waals surface area contributed by atoms with Gasteiger partial charge in [0.25, 0.3) is 11.7 Å². The molecule has 1 amide bonds. The van der Waals surface area contributed by atoms with Crippen molar-refractivity contribution in [2.45, 2.75) is 26.4 Å². The van der Waals surface area contributed by atoms with Crippen LogP contribution in [0, 0.1) is 0 Å². The number of aromatic nitrogens is 1. The average Bonchev–Trinajstić information content (AvgIpc) is 3.23. The highest BCUT2D eigenvalue weighted by Crippen LogP contribution is 2.43. The molecule has 1 saturated heterocycles. The Bertz CT molecular complexity index is 1570. The fourth-order valence-electron chi connectivity index (χ4n) is 4.83. The molecule has 8 nitrogen and oxygen atoms in total. The number of amides is 1. The molecule has 4 aromatic rings. The van der Waals surface area contributed by atoms with Crippen LogP contribution in [0.25, 0.3) is 5.76 Å². The molecule has 8 heteroatoms. The van der Waals surface area contributed by atoms with Crippen molar-refractivity contribution in [2.24, 2.45) is 0 Å². The van der Waals surface area contributed by atoms with Crippen molar-refractivity contribution < 1.29 is 28.9 Å². The summed E-state index contributed by atoms with van der Waals surface area (Å²) in [6.07, 6.45) is 3.28. The minimum absolute atomic E-state index is 0.0409. The normalized spacial score (nSPS) is 16.0. The number of para-hydroxylation sites is 1. The van der Waals surface area contributed by atoms with Gasteiger partial charge < -0.3 is 24.2 Å². The monoisotopic (exact) mass is 550 g/mol. The number of ether oxygens (including phenoxy) is 3. The van der Waals surface area contributed by atoms with Crippen molar-refractivity contribution in [3.63, 3.8) is 0 Å². The average molecular weight is 551 g/mol. The van der Waals surface area contributed by atoms with Crippen molar-refractivity contribution >= 4 is 17.4 Å². The zero-order valence-electron chi connectivity index (χ0n) is 22.8. The molecule has 3 aromatic carbocycles. The number of Topliss-reactive ketones (excluding diaryl/α,β-unsaturated/α-hetero) is 1. The summed E-state index contributed by atoms with van der Waals surface area (Å²) in [6, 6.07) is 24.2. The zero-order valence-corrected chi connectivity index (χ0v) is 22.8. The van der Waals surface area contributed by atoms with Crippen LogP contribution in [0.3, 0.4) is 0 Å². The van der Waals surface area contributed by atoms with Crippen LogP contribution in [0.1, 0.15) is 36.6 Å². The summed E-state index contributed by atoms with van der Waals surface area (Å²) in [4.78, 5) is 32.7. The molecule has 0 aliphatic carbocycles. The van der Waals surface area contributed by atoms with E-state index in [1.165, 1.54) is 4.90 Å². The Morgan fingerprint density at radius 2 is 1.63 bits per heavy atom. The van der Waals surface area contributed by atoms with E-state index in [0.29, 0.717) is 41.8 Å². The lowest BCUT2D eigenvalue weighted by Crippen LogP contribution is -2.29. The maximum atomic E-state index is 13.6. The number of benzene rings is 3. The molecule has 1 N–H and O–H groups in total. The lowest BCUT2D eigenvalue weighted by molar-refractivity contribution is -0.140. The first-order valence-electron chi connectivity index (χ1n) is 13.4. The third kappa shape index (κ3) is 5.91. The van der Waals surface area contributed by atoms with Gasteiger partial charge in [0, 0.05) is 25.0 Å². The Hall–Kier alpha value is -5.11. The van der Waals surface area contributed by atoms with Gasteiger partial charge in [-0.05, 0) is 67.4 Å². The largest absolute Gasteiger partial charge is 0.507 e. The quantitative estimate of drug-likeness (QED) is 0.141. The predicted molar refractivity (Wildman–Crippen MR) is 154 cm³/mol. The SMILES string of the molecule is CCOc1ccc(/C(O)=C2\C(=O)C(=O)N(Cc3cccnc3)C2c2cccc(Oc3ccccc3)c2)c(OCC)c1. The van der Waals surface area contributed by atoms with Crippen LogP contribution in [0.2, 0.25) is 0 Å². The van der Waals surface area contributed by atoms with Gasteiger partial charge in [0.05, 0.1) is 30.4 Å². The number of nitrogens with zero attached hydrogens (tertiary/aromatic N) is 2. The van der Waals surface area contributed by atoms with Crippen molar-refractivity contribution in [3.8, 4) is 23.0 Å². The first-order valence-corrected chi connectivity index (χ1v) is 13.4. The van der Waals surface area contributed by atoms with E-state index in [1.54, 1.807) is 60.9 Å². The molecule has 2 heterocycles. The third-order valence-electron chi connectivity index (χ3n) is 6.59. The van der Waals surface area contributed by atoms with Crippen LogP contribution in [0.4, 0.5) is 0 Å². The second-order valence-corrected chi connectivity index (χ2v) is 9.30. The molecule has 0 spiro atoms. The van der Waals surface area contributed by atoms with E-state index in [9.17, 15) is 14.7 Å². The number of carbonyl (C=O) groups is 2. The van der Waals surface area contributed by atoms with Crippen molar-refractivity contribution in [1.82, 2.24) is 9.88 Å². The maximum absolute atomic E-state index is 13.6. The van der Waals surface area contributed by atoms with Gasteiger partial charge in [-0.15, -0.1) is 0 Å². The lowest BCUT2D eigenvalue weighted by atomic mass is 9.94. The molecular weight excluding hydrogens is 520 g/mol. The lowest BCUT2D eigenvalue weighted by Gasteiger charge is -2.26. The number of hydrogen-bond donors (Lipinski definition) is 1. The molecule has 1 fully saturated rings. The molecule has 0 saturated carbocycles. The number of hydrogen-bond acceptors (Lipinski definition) is 7. The molecule has 1 aliphatic heterocycles. The second-order valence-electron chi connectivity index (χ2n) is 9.30. The minimum atomic E-state index is -0.893. The van der Waals surface area contributed by atoms with Gasteiger partial charge in [-0.1, -0.05) is 36.4 Å². The number of likely N-dealkylation sites (tertiary alicyclic amines) is 1. The van der Waals surface area contributed by atoms with E-state index in [4.69, 9.17) is 14.2 Å². The number of rotatable bonds is 10. The van der Waals surface area contributed by atoms with Gasteiger partial charge in [0.15, 0.2) is 0 Å². The second kappa shape index (κ2) is 12.4. The van der Waals surface area contributed by atoms with Crippen molar-refractivity contribution in [2.75, 3.05) is 13.2 Å². The highest BCUT2D eigenvalue weighted by Gasteiger charge is 2.46. The Labute approximate surface area is 238 Å². The maximum Gasteiger partial charge on any atom is 0.295 e. The fourth-order valence-corrected chi connectivity index (χ4v) is 4.83. The van der Waals surface area contributed by atoms with Crippen molar-refractivity contribution in [1.29, 1.82) is 0 Å². The molecule has 1 atom stereocenters. The van der Waals surface area contributed by atoms with Crippen LogP contribution in [0.15, 0.2) is 103 Å². The minimum Gasteiger partial charge on any atom is -0.507 e. The van der Waals surface area contributed by atoms with Gasteiger partial charge >= 0.3 is 0 Å². The van der Waals surface area contributed by atoms with Gasteiger partial charge in [0.2, 0.25) is 0 Å². The van der Waals surface area contributed by atoms with E-state index in [1.807, 2.05) is 50.2 Å². The van der Waals surface area contributed by atoms with Crippen LogP contribution in [-0.4, -0.2) is 39.9 Å². The zero-order chi connectivity index (χ0) is 28.8. The number of aliphatic hydroxyl groups is 1. The molecule has 1 aromatic heterocycles. The number of aliphatic hydroxyl groups excluding tert-OH is 1. The molecule has 208 valence electrons. The Kier molecular flexibility index (Phi) is 8.29. The Balaban J connectivity index is 1.64.